The van der Waals surface area contributed by atoms with Crippen LogP contribution in [0.3, 0.4) is 0 Å². The van der Waals surface area contributed by atoms with Crippen LogP contribution in [-0.2, 0) is 11.3 Å². The van der Waals surface area contributed by atoms with Crippen molar-refractivity contribution in [3.05, 3.63) is 29.8 Å². The molecule has 1 aliphatic heterocycles. The van der Waals surface area contributed by atoms with E-state index in [4.69, 9.17) is 4.74 Å². The molecule has 0 saturated carbocycles. The lowest BCUT2D eigenvalue weighted by Gasteiger charge is -2.31. The number of halogens is 1. The van der Waals surface area contributed by atoms with Crippen LogP contribution in [0.2, 0.25) is 0 Å². The number of aliphatic hydroxyl groups is 1. The highest BCUT2D eigenvalue weighted by atomic mass is 127. The van der Waals surface area contributed by atoms with Crippen LogP contribution in [0.4, 0.5) is 0 Å². The zero-order valence-corrected chi connectivity index (χ0v) is 18.5. The molecule has 0 amide bonds. The topological polar surface area (TPSA) is 57.1 Å². The van der Waals surface area contributed by atoms with Gasteiger partial charge in [0.2, 0.25) is 0 Å². The van der Waals surface area contributed by atoms with Gasteiger partial charge >= 0.3 is 0 Å². The Kier molecular flexibility index (Phi) is 10.1. The summed E-state index contributed by atoms with van der Waals surface area (Å²) in [4.78, 5) is 8.03. The van der Waals surface area contributed by atoms with Crippen LogP contribution >= 0.6 is 35.7 Å². The SMILES string of the molecule is CCNC(=NCC1(O)CCOCC1)N(C)Cc1ccc(SC)cc1.I. The number of nitrogens with one attached hydrogen (secondary N) is 1. The highest BCUT2D eigenvalue weighted by Gasteiger charge is 2.29. The largest absolute Gasteiger partial charge is 0.388 e. The molecule has 0 unspecified atom stereocenters. The summed E-state index contributed by atoms with van der Waals surface area (Å²) < 4.78 is 5.33. The molecule has 2 rings (SSSR count). The number of benzene rings is 1. The van der Waals surface area contributed by atoms with E-state index in [1.54, 1.807) is 11.8 Å². The lowest BCUT2D eigenvalue weighted by atomic mass is 9.95. The van der Waals surface area contributed by atoms with Gasteiger partial charge in [-0.15, -0.1) is 35.7 Å². The third-order valence-corrected chi connectivity index (χ3v) is 4.97. The molecule has 0 radical (unpaired) electrons. The van der Waals surface area contributed by atoms with Crippen molar-refractivity contribution < 1.29 is 9.84 Å². The zero-order chi connectivity index (χ0) is 17.4. The third kappa shape index (κ3) is 7.32. The number of aliphatic imine (C=N–C) groups is 1. The molecule has 0 aromatic heterocycles. The highest BCUT2D eigenvalue weighted by molar-refractivity contribution is 14.0. The molecule has 142 valence electrons. The number of rotatable bonds is 6. The number of hydrogen-bond donors (Lipinski definition) is 2. The van der Waals surface area contributed by atoms with Crippen LogP contribution in [0.5, 0.6) is 0 Å². The summed E-state index contributed by atoms with van der Waals surface area (Å²) in [5, 5.41) is 13.9. The Labute approximate surface area is 172 Å². The van der Waals surface area contributed by atoms with Crippen LogP contribution in [0.25, 0.3) is 0 Å². The molecule has 1 aliphatic rings. The normalized spacial score (nSPS) is 16.9. The molecule has 0 spiro atoms. The quantitative estimate of drug-likeness (QED) is 0.285. The summed E-state index contributed by atoms with van der Waals surface area (Å²) in [6, 6.07) is 8.58. The van der Waals surface area contributed by atoms with E-state index in [0.717, 1.165) is 19.0 Å². The first-order valence-corrected chi connectivity index (χ1v) is 9.71. The predicted molar refractivity (Wildman–Crippen MR) is 116 cm³/mol. The fourth-order valence-corrected chi connectivity index (χ4v) is 3.09. The number of nitrogens with zero attached hydrogens (tertiary/aromatic N) is 2. The molecule has 1 aromatic carbocycles. The van der Waals surface area contributed by atoms with E-state index in [2.05, 4.69) is 52.7 Å². The molecule has 5 nitrogen and oxygen atoms in total. The molecule has 1 aromatic rings. The van der Waals surface area contributed by atoms with Gasteiger partial charge in [-0.2, -0.15) is 0 Å². The third-order valence-electron chi connectivity index (χ3n) is 4.22. The first-order chi connectivity index (χ1) is 11.6. The molecule has 0 atom stereocenters. The van der Waals surface area contributed by atoms with Crippen LogP contribution in [0.15, 0.2) is 34.2 Å². The van der Waals surface area contributed by atoms with Gasteiger partial charge in [-0.1, -0.05) is 12.1 Å². The summed E-state index contributed by atoms with van der Waals surface area (Å²) in [6.07, 6.45) is 3.38. The van der Waals surface area contributed by atoms with Crippen molar-refractivity contribution >= 4 is 41.7 Å². The van der Waals surface area contributed by atoms with E-state index >= 15 is 0 Å². The fourth-order valence-electron chi connectivity index (χ4n) is 2.68. The molecule has 0 bridgehead atoms. The smallest absolute Gasteiger partial charge is 0.194 e. The maximum Gasteiger partial charge on any atom is 0.194 e. The standard InChI is InChI=1S/C18H29N3O2S.HI/c1-4-19-17(20-14-18(22)9-11-23-12-10-18)21(2)13-15-5-7-16(24-3)8-6-15;/h5-8,22H,4,9-14H2,1-3H3,(H,19,20);1H. The molecule has 1 heterocycles. The summed E-state index contributed by atoms with van der Waals surface area (Å²) in [7, 11) is 2.03. The molecular formula is C18H30IN3O2S. The van der Waals surface area contributed by atoms with E-state index in [0.29, 0.717) is 32.6 Å². The van der Waals surface area contributed by atoms with Gasteiger partial charge in [-0.25, -0.2) is 0 Å². The van der Waals surface area contributed by atoms with Crippen LogP contribution in [0, 0.1) is 0 Å². The van der Waals surface area contributed by atoms with E-state index in [9.17, 15) is 5.11 Å². The zero-order valence-electron chi connectivity index (χ0n) is 15.3. The minimum atomic E-state index is -0.736. The van der Waals surface area contributed by atoms with Crippen molar-refractivity contribution in [2.75, 3.05) is 39.6 Å². The van der Waals surface area contributed by atoms with Crippen molar-refractivity contribution in [2.24, 2.45) is 4.99 Å². The van der Waals surface area contributed by atoms with Crippen molar-refractivity contribution in [3.63, 3.8) is 0 Å². The summed E-state index contributed by atoms with van der Waals surface area (Å²) in [5.74, 6) is 0.825. The molecule has 1 saturated heterocycles. The molecular weight excluding hydrogens is 449 g/mol. The van der Waals surface area contributed by atoms with Gasteiger partial charge in [0.05, 0.1) is 12.1 Å². The van der Waals surface area contributed by atoms with Crippen molar-refractivity contribution in [1.82, 2.24) is 10.2 Å². The average Bonchev–Trinajstić information content (AvgIpc) is 2.60. The molecule has 0 aliphatic carbocycles. The van der Waals surface area contributed by atoms with E-state index in [-0.39, 0.29) is 24.0 Å². The van der Waals surface area contributed by atoms with Gasteiger partial charge < -0.3 is 20.1 Å². The van der Waals surface area contributed by atoms with Crippen LogP contribution in [0.1, 0.15) is 25.3 Å². The number of guanidine groups is 1. The Balaban J connectivity index is 0.00000312. The van der Waals surface area contributed by atoms with Gasteiger partial charge in [0, 0.05) is 51.1 Å². The molecule has 25 heavy (non-hydrogen) atoms. The number of thioether (sulfide) groups is 1. The minimum absolute atomic E-state index is 0. The van der Waals surface area contributed by atoms with E-state index in [1.165, 1.54) is 10.5 Å². The van der Waals surface area contributed by atoms with Gasteiger partial charge in [0.25, 0.3) is 0 Å². The lowest BCUT2D eigenvalue weighted by Crippen LogP contribution is -2.43. The maximum atomic E-state index is 10.6. The van der Waals surface area contributed by atoms with Crippen molar-refractivity contribution in [2.45, 2.75) is 36.8 Å². The second-order valence-electron chi connectivity index (χ2n) is 6.21. The molecule has 2 N–H and O–H groups in total. The van der Waals surface area contributed by atoms with Crippen molar-refractivity contribution in [3.8, 4) is 0 Å². The van der Waals surface area contributed by atoms with Gasteiger partial charge in [-0.05, 0) is 30.9 Å². The lowest BCUT2D eigenvalue weighted by molar-refractivity contribution is -0.0566. The first kappa shape index (κ1) is 22.5. The Hall–Kier alpha value is -0.510. The van der Waals surface area contributed by atoms with E-state index in [1.807, 2.05) is 7.05 Å². The molecule has 7 heteroatoms. The highest BCUT2D eigenvalue weighted by Crippen LogP contribution is 2.21. The van der Waals surface area contributed by atoms with Crippen LogP contribution < -0.4 is 5.32 Å². The summed E-state index contributed by atoms with van der Waals surface area (Å²) >= 11 is 1.75. The van der Waals surface area contributed by atoms with Gasteiger partial charge in [-0.3, -0.25) is 4.99 Å². The Morgan fingerprint density at radius 3 is 2.52 bits per heavy atom. The average molecular weight is 479 g/mol. The summed E-state index contributed by atoms with van der Waals surface area (Å²) in [5.41, 5.74) is 0.505. The fraction of sp³-hybridized carbons (Fsp3) is 0.611. The molecule has 1 fully saturated rings. The first-order valence-electron chi connectivity index (χ1n) is 8.49. The predicted octanol–water partition coefficient (Wildman–Crippen LogP) is 2.97. The maximum absolute atomic E-state index is 10.6. The number of ether oxygens (including phenoxy) is 1. The Bertz CT molecular complexity index is 534. The van der Waals surface area contributed by atoms with Gasteiger partial charge in [0.1, 0.15) is 0 Å². The van der Waals surface area contributed by atoms with E-state index < -0.39 is 5.60 Å². The Morgan fingerprint density at radius 2 is 1.96 bits per heavy atom. The van der Waals surface area contributed by atoms with Crippen LogP contribution in [-0.4, -0.2) is 61.2 Å². The monoisotopic (exact) mass is 479 g/mol. The second kappa shape index (κ2) is 11.3. The number of hydrogen-bond acceptors (Lipinski definition) is 4. The van der Waals surface area contributed by atoms with Gasteiger partial charge in [0.15, 0.2) is 5.96 Å². The Morgan fingerprint density at radius 1 is 1.32 bits per heavy atom. The summed E-state index contributed by atoms with van der Waals surface area (Å²) in [6.45, 7) is 5.27. The van der Waals surface area contributed by atoms with Crippen molar-refractivity contribution in [1.29, 1.82) is 0 Å². The second-order valence-corrected chi connectivity index (χ2v) is 7.09. The minimum Gasteiger partial charge on any atom is -0.388 e.